The van der Waals surface area contributed by atoms with Crippen molar-refractivity contribution in [3.05, 3.63) is 29.8 Å². The van der Waals surface area contributed by atoms with Gasteiger partial charge in [0.1, 0.15) is 5.78 Å². The average Bonchev–Trinajstić information content (AvgIpc) is 2.29. The van der Waals surface area contributed by atoms with Crippen molar-refractivity contribution in [3.63, 3.8) is 0 Å². The molecular formula is C11H12F2O3S. The lowest BCUT2D eigenvalue weighted by atomic mass is 10.1. The fourth-order valence-corrected chi connectivity index (χ4v) is 2.33. The van der Waals surface area contributed by atoms with E-state index >= 15 is 0 Å². The van der Waals surface area contributed by atoms with E-state index in [0.29, 0.717) is 0 Å². The second kappa shape index (κ2) is 5.35. The molecule has 0 saturated heterocycles. The van der Waals surface area contributed by atoms with Gasteiger partial charge >= 0.3 is 5.76 Å². The zero-order chi connectivity index (χ0) is 13.1. The van der Waals surface area contributed by atoms with E-state index < -0.39 is 20.5 Å². The van der Waals surface area contributed by atoms with Crippen LogP contribution in [-0.4, -0.2) is 20.0 Å². The molecule has 0 aliphatic heterocycles. The number of alkyl halides is 2. The number of carbonyl (C=O) groups excluding carboxylic acids is 1. The van der Waals surface area contributed by atoms with E-state index in [-0.39, 0.29) is 24.2 Å². The third-order valence-electron chi connectivity index (χ3n) is 2.30. The molecule has 1 rings (SSSR count). The highest BCUT2D eigenvalue weighted by Crippen LogP contribution is 2.22. The Hall–Kier alpha value is -1.30. The molecule has 0 aliphatic rings. The number of rotatable bonds is 5. The van der Waals surface area contributed by atoms with Gasteiger partial charge in [-0.2, -0.15) is 8.78 Å². The van der Waals surface area contributed by atoms with Gasteiger partial charge in [0.05, 0.1) is 4.90 Å². The Morgan fingerprint density at radius 1 is 1.29 bits per heavy atom. The minimum atomic E-state index is -4.65. The van der Waals surface area contributed by atoms with Crippen LogP contribution in [0.15, 0.2) is 29.2 Å². The highest BCUT2D eigenvalue weighted by molar-refractivity contribution is 7.91. The second-order valence-corrected chi connectivity index (χ2v) is 5.37. The molecule has 0 aliphatic carbocycles. The second-order valence-electron chi connectivity index (χ2n) is 3.48. The number of hydrogen-bond acceptors (Lipinski definition) is 3. The molecule has 0 N–H and O–H groups in total. The molecule has 1 aromatic rings. The highest BCUT2D eigenvalue weighted by atomic mass is 32.2. The molecule has 6 heteroatoms. The summed E-state index contributed by atoms with van der Waals surface area (Å²) in [7, 11) is -4.65. The van der Waals surface area contributed by atoms with Crippen LogP contribution in [0.25, 0.3) is 0 Å². The number of carbonyl (C=O) groups is 1. The summed E-state index contributed by atoms with van der Waals surface area (Å²) >= 11 is 0. The number of ketones is 1. The molecule has 0 bridgehead atoms. The van der Waals surface area contributed by atoms with Crippen molar-refractivity contribution in [2.45, 2.75) is 30.4 Å². The molecule has 94 valence electrons. The molecule has 0 fully saturated rings. The Kier molecular flexibility index (Phi) is 4.34. The smallest absolute Gasteiger partial charge is 0.299 e. The number of Topliss-reactive ketones (excluding diaryl/α,β-unsaturated/α-hetero) is 1. The van der Waals surface area contributed by atoms with Gasteiger partial charge in [-0.1, -0.05) is 25.1 Å². The van der Waals surface area contributed by atoms with E-state index in [9.17, 15) is 22.0 Å². The first-order valence-electron chi connectivity index (χ1n) is 5.01. The Morgan fingerprint density at radius 3 is 2.41 bits per heavy atom. The van der Waals surface area contributed by atoms with Gasteiger partial charge in [0.15, 0.2) is 0 Å². The first-order valence-corrected chi connectivity index (χ1v) is 6.56. The third kappa shape index (κ3) is 3.09. The van der Waals surface area contributed by atoms with E-state index in [4.69, 9.17) is 0 Å². The maximum absolute atomic E-state index is 12.4. The predicted octanol–water partition coefficient (Wildman–Crippen LogP) is 2.20. The van der Waals surface area contributed by atoms with Gasteiger partial charge < -0.3 is 0 Å². The van der Waals surface area contributed by atoms with Crippen molar-refractivity contribution in [2.24, 2.45) is 0 Å². The number of sulfone groups is 1. The molecular weight excluding hydrogens is 250 g/mol. The first kappa shape index (κ1) is 13.8. The molecule has 0 amide bonds. The van der Waals surface area contributed by atoms with Crippen LogP contribution in [0, 0.1) is 0 Å². The van der Waals surface area contributed by atoms with Gasteiger partial charge in [-0.15, -0.1) is 0 Å². The van der Waals surface area contributed by atoms with E-state index in [1.807, 2.05) is 0 Å². The maximum atomic E-state index is 12.4. The predicted molar refractivity (Wildman–Crippen MR) is 58.6 cm³/mol. The average molecular weight is 262 g/mol. The summed E-state index contributed by atoms with van der Waals surface area (Å²) in [4.78, 5) is 10.8. The molecule has 0 spiro atoms. The lowest BCUT2D eigenvalue weighted by molar-refractivity contribution is -0.118. The molecule has 3 nitrogen and oxygen atoms in total. The summed E-state index contributed by atoms with van der Waals surface area (Å²) < 4.78 is 47.6. The van der Waals surface area contributed by atoms with Gasteiger partial charge in [0, 0.05) is 12.8 Å². The SMILES string of the molecule is CCC(=O)Cc1ccccc1S(=O)(=O)C(F)F. The first-order chi connectivity index (χ1) is 7.89. The molecule has 0 heterocycles. The van der Waals surface area contributed by atoms with Crippen LogP contribution in [0.2, 0.25) is 0 Å². The Balaban J connectivity index is 3.22. The number of benzene rings is 1. The summed E-state index contributed by atoms with van der Waals surface area (Å²) in [5.41, 5.74) is 0.125. The molecule has 1 aromatic carbocycles. The van der Waals surface area contributed by atoms with Crippen LogP contribution in [0.1, 0.15) is 18.9 Å². The monoisotopic (exact) mass is 262 g/mol. The van der Waals surface area contributed by atoms with Crippen molar-refractivity contribution in [1.82, 2.24) is 0 Å². The number of halogens is 2. The van der Waals surface area contributed by atoms with Gasteiger partial charge in [-0.3, -0.25) is 4.79 Å². The topological polar surface area (TPSA) is 51.2 Å². The van der Waals surface area contributed by atoms with E-state index in [1.165, 1.54) is 18.2 Å². The summed E-state index contributed by atoms with van der Waals surface area (Å²) in [6.07, 6.45) is 0.0989. The molecule has 0 unspecified atom stereocenters. The summed E-state index contributed by atoms with van der Waals surface area (Å²) in [6, 6.07) is 5.35. The van der Waals surface area contributed by atoms with Crippen LogP contribution < -0.4 is 0 Å². The van der Waals surface area contributed by atoms with Crippen LogP contribution in [0.5, 0.6) is 0 Å². The van der Waals surface area contributed by atoms with Crippen molar-refractivity contribution < 1.29 is 22.0 Å². The Bertz CT molecular complexity index is 509. The normalized spacial score (nSPS) is 11.8. The largest absolute Gasteiger partial charge is 0.341 e. The van der Waals surface area contributed by atoms with Crippen LogP contribution in [0.3, 0.4) is 0 Å². The Morgan fingerprint density at radius 2 is 1.88 bits per heavy atom. The van der Waals surface area contributed by atoms with Crippen molar-refractivity contribution in [3.8, 4) is 0 Å². The standard InChI is InChI=1S/C11H12F2O3S/c1-2-9(14)7-8-5-3-4-6-10(8)17(15,16)11(12)13/h3-6,11H,2,7H2,1H3. The van der Waals surface area contributed by atoms with Crippen LogP contribution in [0.4, 0.5) is 8.78 Å². The quantitative estimate of drug-likeness (QED) is 0.817. The van der Waals surface area contributed by atoms with Gasteiger partial charge in [-0.25, -0.2) is 8.42 Å². The zero-order valence-corrected chi connectivity index (χ0v) is 10.0. The highest BCUT2D eigenvalue weighted by Gasteiger charge is 2.28. The number of hydrogen-bond donors (Lipinski definition) is 0. The molecule has 0 atom stereocenters. The molecule has 0 saturated carbocycles. The van der Waals surface area contributed by atoms with Gasteiger partial charge in [0.25, 0.3) is 0 Å². The van der Waals surface area contributed by atoms with E-state index in [0.717, 1.165) is 6.07 Å². The third-order valence-corrected chi connectivity index (χ3v) is 3.78. The molecule has 0 aromatic heterocycles. The lowest BCUT2D eigenvalue weighted by Crippen LogP contribution is -2.15. The minimum absolute atomic E-state index is 0.125. The Labute approximate surface area is 98.4 Å². The zero-order valence-electron chi connectivity index (χ0n) is 9.19. The minimum Gasteiger partial charge on any atom is -0.299 e. The van der Waals surface area contributed by atoms with Crippen molar-refractivity contribution >= 4 is 15.6 Å². The lowest BCUT2D eigenvalue weighted by Gasteiger charge is -2.08. The van der Waals surface area contributed by atoms with E-state index in [1.54, 1.807) is 6.92 Å². The summed E-state index contributed by atoms with van der Waals surface area (Å²) in [5, 5.41) is 0. The van der Waals surface area contributed by atoms with Gasteiger partial charge in [-0.05, 0) is 11.6 Å². The van der Waals surface area contributed by atoms with Crippen molar-refractivity contribution in [1.29, 1.82) is 0 Å². The van der Waals surface area contributed by atoms with Gasteiger partial charge in [0.2, 0.25) is 9.84 Å². The van der Waals surface area contributed by atoms with Crippen molar-refractivity contribution in [2.75, 3.05) is 0 Å². The molecule has 17 heavy (non-hydrogen) atoms. The van der Waals surface area contributed by atoms with Crippen LogP contribution in [-0.2, 0) is 21.1 Å². The fraction of sp³-hybridized carbons (Fsp3) is 0.364. The summed E-state index contributed by atoms with van der Waals surface area (Å²) in [5.74, 6) is -3.66. The van der Waals surface area contributed by atoms with E-state index in [2.05, 4.69) is 0 Å². The fourth-order valence-electron chi connectivity index (χ4n) is 1.36. The maximum Gasteiger partial charge on any atom is 0.341 e. The molecule has 0 radical (unpaired) electrons. The van der Waals surface area contributed by atoms with Crippen LogP contribution >= 0.6 is 0 Å². The summed E-state index contributed by atoms with van der Waals surface area (Å²) in [6.45, 7) is 1.63.